The fourth-order valence-electron chi connectivity index (χ4n) is 3.17. The van der Waals surface area contributed by atoms with Crippen LogP contribution in [0.25, 0.3) is 11.4 Å². The average Bonchev–Trinajstić information content (AvgIpc) is 2.67. The van der Waals surface area contributed by atoms with E-state index in [9.17, 15) is 4.39 Å². The Balaban J connectivity index is 1.84. The molecular weight excluding hydrogens is 323 g/mol. The van der Waals surface area contributed by atoms with E-state index in [1.165, 1.54) is 50.5 Å². The van der Waals surface area contributed by atoms with Gasteiger partial charge in [-0.3, -0.25) is 0 Å². The van der Waals surface area contributed by atoms with Gasteiger partial charge < -0.3 is 0 Å². The van der Waals surface area contributed by atoms with E-state index in [0.29, 0.717) is 11.4 Å². The summed E-state index contributed by atoms with van der Waals surface area (Å²) >= 11 is 0. The molecule has 0 amide bonds. The molecule has 0 atom stereocenters. The van der Waals surface area contributed by atoms with E-state index in [0.717, 1.165) is 31.2 Å². The molecular formula is C23H33FN2. The molecule has 0 unspecified atom stereocenters. The fourth-order valence-corrected chi connectivity index (χ4v) is 3.17. The van der Waals surface area contributed by atoms with Crippen molar-refractivity contribution in [2.24, 2.45) is 0 Å². The van der Waals surface area contributed by atoms with Gasteiger partial charge in [0.05, 0.1) is 0 Å². The smallest absolute Gasteiger partial charge is 0.219 e. The standard InChI is InChI=1S/C23H33FN2/c1-3-5-7-8-9-10-11-13-21-18-25-23(26-22(21)24)20-16-14-19(15-17-20)12-6-4-2/h14-18H,3-13H2,1-2H3. The summed E-state index contributed by atoms with van der Waals surface area (Å²) in [7, 11) is 0. The van der Waals surface area contributed by atoms with Crippen molar-refractivity contribution in [3.63, 3.8) is 0 Å². The van der Waals surface area contributed by atoms with Crippen molar-refractivity contribution < 1.29 is 4.39 Å². The second-order valence-corrected chi connectivity index (χ2v) is 7.18. The van der Waals surface area contributed by atoms with Crippen LogP contribution in [0.15, 0.2) is 30.5 Å². The number of hydrogen-bond acceptors (Lipinski definition) is 2. The Kier molecular flexibility index (Phi) is 9.30. The van der Waals surface area contributed by atoms with Crippen molar-refractivity contribution in [2.75, 3.05) is 0 Å². The van der Waals surface area contributed by atoms with Crippen LogP contribution < -0.4 is 0 Å². The lowest BCUT2D eigenvalue weighted by Gasteiger charge is -2.06. The molecule has 0 radical (unpaired) electrons. The van der Waals surface area contributed by atoms with Gasteiger partial charge in [0.1, 0.15) is 0 Å². The first-order chi connectivity index (χ1) is 12.7. The van der Waals surface area contributed by atoms with Crippen molar-refractivity contribution >= 4 is 0 Å². The van der Waals surface area contributed by atoms with Crippen LogP contribution in [0.3, 0.4) is 0 Å². The van der Waals surface area contributed by atoms with Crippen LogP contribution in [0.1, 0.15) is 82.8 Å². The topological polar surface area (TPSA) is 25.8 Å². The molecule has 1 heterocycles. The predicted octanol–water partition coefficient (Wildman–Crippen LogP) is 6.92. The Bertz CT molecular complexity index is 637. The lowest BCUT2D eigenvalue weighted by Crippen LogP contribution is -1.99. The first-order valence-corrected chi connectivity index (χ1v) is 10.3. The molecule has 0 aliphatic rings. The average molecular weight is 357 g/mol. The molecule has 2 aromatic rings. The third-order valence-corrected chi connectivity index (χ3v) is 4.89. The van der Waals surface area contributed by atoms with E-state index in [4.69, 9.17) is 0 Å². The molecule has 1 aromatic heterocycles. The third kappa shape index (κ3) is 6.86. The van der Waals surface area contributed by atoms with Crippen LogP contribution in [0.2, 0.25) is 0 Å². The maximum atomic E-state index is 14.3. The summed E-state index contributed by atoms with van der Waals surface area (Å²) in [4.78, 5) is 8.49. The predicted molar refractivity (Wildman–Crippen MR) is 108 cm³/mol. The van der Waals surface area contributed by atoms with E-state index in [1.54, 1.807) is 6.20 Å². The zero-order chi connectivity index (χ0) is 18.6. The van der Waals surface area contributed by atoms with Crippen molar-refractivity contribution in [1.29, 1.82) is 0 Å². The van der Waals surface area contributed by atoms with Crippen molar-refractivity contribution in [3.05, 3.63) is 47.5 Å². The van der Waals surface area contributed by atoms with Gasteiger partial charge in [-0.2, -0.15) is 9.37 Å². The minimum Gasteiger partial charge on any atom is -0.236 e. The Morgan fingerprint density at radius 2 is 1.42 bits per heavy atom. The van der Waals surface area contributed by atoms with Crippen molar-refractivity contribution in [2.45, 2.75) is 84.5 Å². The maximum Gasteiger partial charge on any atom is 0.219 e. The largest absolute Gasteiger partial charge is 0.236 e. The van der Waals surface area contributed by atoms with Crippen LogP contribution in [0.5, 0.6) is 0 Å². The van der Waals surface area contributed by atoms with Gasteiger partial charge in [0, 0.05) is 17.3 Å². The highest BCUT2D eigenvalue weighted by Crippen LogP contribution is 2.19. The van der Waals surface area contributed by atoms with Gasteiger partial charge in [0.2, 0.25) is 5.95 Å². The molecule has 0 saturated carbocycles. The lowest BCUT2D eigenvalue weighted by molar-refractivity contribution is 0.547. The van der Waals surface area contributed by atoms with Gasteiger partial charge >= 0.3 is 0 Å². The highest BCUT2D eigenvalue weighted by Gasteiger charge is 2.08. The van der Waals surface area contributed by atoms with Gasteiger partial charge in [0.15, 0.2) is 5.82 Å². The van der Waals surface area contributed by atoms with Crippen LogP contribution >= 0.6 is 0 Å². The number of hydrogen-bond donors (Lipinski definition) is 0. The first kappa shape index (κ1) is 20.5. The summed E-state index contributed by atoms with van der Waals surface area (Å²) in [6.45, 7) is 4.42. The molecule has 26 heavy (non-hydrogen) atoms. The SMILES string of the molecule is CCCCCCCCCc1cnc(-c2ccc(CCCC)cc2)nc1F. The van der Waals surface area contributed by atoms with E-state index in [1.807, 2.05) is 12.1 Å². The summed E-state index contributed by atoms with van der Waals surface area (Å²) < 4.78 is 14.3. The summed E-state index contributed by atoms with van der Waals surface area (Å²) in [5, 5.41) is 0. The van der Waals surface area contributed by atoms with Gasteiger partial charge in [-0.25, -0.2) is 4.98 Å². The zero-order valence-electron chi connectivity index (χ0n) is 16.4. The molecule has 0 spiro atoms. The first-order valence-electron chi connectivity index (χ1n) is 10.3. The molecule has 0 aliphatic heterocycles. The normalized spacial score (nSPS) is 11.0. The van der Waals surface area contributed by atoms with E-state index < -0.39 is 0 Å². The quantitative estimate of drug-likeness (QED) is 0.305. The fraction of sp³-hybridized carbons (Fsp3) is 0.565. The van der Waals surface area contributed by atoms with Crippen LogP contribution in [-0.2, 0) is 12.8 Å². The van der Waals surface area contributed by atoms with E-state index in [-0.39, 0.29) is 5.95 Å². The molecule has 0 fully saturated rings. The molecule has 0 bridgehead atoms. The highest BCUT2D eigenvalue weighted by atomic mass is 19.1. The number of aromatic nitrogens is 2. The second-order valence-electron chi connectivity index (χ2n) is 7.18. The molecule has 3 heteroatoms. The van der Waals surface area contributed by atoms with Crippen LogP contribution in [0, 0.1) is 5.95 Å². The number of rotatable bonds is 12. The molecule has 142 valence electrons. The molecule has 2 rings (SSSR count). The molecule has 0 aliphatic carbocycles. The van der Waals surface area contributed by atoms with Crippen LogP contribution in [0.4, 0.5) is 4.39 Å². The number of aryl methyl sites for hydroxylation is 2. The summed E-state index contributed by atoms with van der Waals surface area (Å²) in [6, 6.07) is 8.18. The minimum absolute atomic E-state index is 0.365. The number of benzene rings is 1. The Labute approximate surface area is 158 Å². The minimum atomic E-state index is -0.365. The Morgan fingerprint density at radius 1 is 0.769 bits per heavy atom. The highest BCUT2D eigenvalue weighted by molar-refractivity contribution is 5.55. The third-order valence-electron chi connectivity index (χ3n) is 4.89. The number of nitrogens with zero attached hydrogens (tertiary/aromatic N) is 2. The summed E-state index contributed by atoms with van der Waals surface area (Å²) in [5.74, 6) is 0.115. The zero-order valence-corrected chi connectivity index (χ0v) is 16.4. The molecule has 2 nitrogen and oxygen atoms in total. The van der Waals surface area contributed by atoms with Crippen molar-refractivity contribution in [3.8, 4) is 11.4 Å². The van der Waals surface area contributed by atoms with Gasteiger partial charge in [-0.1, -0.05) is 83.1 Å². The van der Waals surface area contributed by atoms with Crippen molar-refractivity contribution in [1.82, 2.24) is 9.97 Å². The van der Waals surface area contributed by atoms with Gasteiger partial charge in [-0.15, -0.1) is 0 Å². The summed E-state index contributed by atoms with van der Waals surface area (Å²) in [5.41, 5.74) is 2.83. The number of halogens is 1. The van der Waals surface area contributed by atoms with Crippen LogP contribution in [-0.4, -0.2) is 9.97 Å². The Morgan fingerprint density at radius 3 is 2.08 bits per heavy atom. The Hall–Kier alpha value is -1.77. The van der Waals surface area contributed by atoms with Gasteiger partial charge in [-0.05, 0) is 31.2 Å². The van der Waals surface area contributed by atoms with E-state index in [2.05, 4.69) is 35.9 Å². The molecule has 0 saturated heterocycles. The maximum absolute atomic E-state index is 14.3. The van der Waals surface area contributed by atoms with E-state index >= 15 is 0 Å². The number of unbranched alkanes of at least 4 members (excludes halogenated alkanes) is 7. The lowest BCUT2D eigenvalue weighted by atomic mass is 10.1. The summed E-state index contributed by atoms with van der Waals surface area (Å²) in [6.07, 6.45) is 14.5. The molecule has 1 aromatic carbocycles. The molecule has 0 N–H and O–H groups in total. The monoisotopic (exact) mass is 356 g/mol. The van der Waals surface area contributed by atoms with Gasteiger partial charge in [0.25, 0.3) is 0 Å². The second kappa shape index (κ2) is 11.8.